The molecule has 0 radical (unpaired) electrons. The zero-order valence-electron chi connectivity index (χ0n) is 23.9. The molecule has 3 heterocycles. The van der Waals surface area contributed by atoms with Crippen LogP contribution >= 0.6 is 11.6 Å². The molecule has 0 atom stereocenters. The number of ether oxygens (including phenoxy) is 3. The summed E-state index contributed by atoms with van der Waals surface area (Å²) in [5, 5.41) is 14.2. The van der Waals surface area contributed by atoms with E-state index in [0.29, 0.717) is 35.0 Å². The van der Waals surface area contributed by atoms with Crippen molar-refractivity contribution in [3.05, 3.63) is 35.1 Å². The third-order valence-corrected chi connectivity index (χ3v) is 7.79. The van der Waals surface area contributed by atoms with E-state index >= 15 is 0 Å². The Morgan fingerprint density at radius 2 is 1.90 bits per heavy atom. The summed E-state index contributed by atoms with van der Waals surface area (Å²) in [7, 11) is -1.21. The average Bonchev–Trinajstić information content (AvgIpc) is 3.21. The number of hydrogen-bond donors (Lipinski definition) is 1. The third kappa shape index (κ3) is 8.48. The lowest BCUT2D eigenvalue weighted by atomic mass is 9.95. The first-order valence-corrected chi connectivity index (χ1v) is 16.9. The van der Waals surface area contributed by atoms with Gasteiger partial charge in [-0.3, -0.25) is 9.78 Å². The number of aromatic nitrogens is 5. The molecule has 3 rings (SSSR count). The Balaban J connectivity index is 1.80. The maximum absolute atomic E-state index is 11.3. The monoisotopic (exact) mass is 575 g/mol. The van der Waals surface area contributed by atoms with Crippen LogP contribution in [-0.4, -0.2) is 63.2 Å². The number of carboxylic acid groups (broad SMARTS) is 1. The van der Waals surface area contributed by atoms with Crippen molar-refractivity contribution in [1.82, 2.24) is 24.7 Å². The Morgan fingerprint density at radius 1 is 1.18 bits per heavy atom. The molecular weight excluding hydrogens is 538 g/mol. The second-order valence-electron chi connectivity index (χ2n) is 11.6. The third-order valence-electron chi connectivity index (χ3n) is 5.80. The molecule has 0 aliphatic carbocycles. The van der Waals surface area contributed by atoms with Crippen LogP contribution < -0.4 is 9.47 Å². The molecule has 0 bridgehead atoms. The van der Waals surface area contributed by atoms with Crippen LogP contribution in [0.25, 0.3) is 22.6 Å². The first-order chi connectivity index (χ1) is 18.2. The second kappa shape index (κ2) is 12.4. The number of aryl methyl sites for hydroxylation is 1. The summed E-state index contributed by atoms with van der Waals surface area (Å²) < 4.78 is 18.9. The Kier molecular flexibility index (Phi) is 9.73. The van der Waals surface area contributed by atoms with Gasteiger partial charge in [0.25, 0.3) is 0 Å². The first kappa shape index (κ1) is 30.5. The largest absolute Gasteiger partial charge is 0.481 e. The topological polar surface area (TPSA) is 121 Å². The van der Waals surface area contributed by atoms with E-state index in [1.165, 1.54) is 0 Å². The predicted octanol–water partition coefficient (Wildman–Crippen LogP) is 5.95. The second-order valence-corrected chi connectivity index (χ2v) is 17.6. The summed E-state index contributed by atoms with van der Waals surface area (Å²) in [4.78, 5) is 24.8. The highest BCUT2D eigenvalue weighted by atomic mass is 35.5. The lowest BCUT2D eigenvalue weighted by molar-refractivity contribution is -0.148. The van der Waals surface area contributed by atoms with Gasteiger partial charge in [0.1, 0.15) is 19.0 Å². The van der Waals surface area contributed by atoms with Gasteiger partial charge in [-0.05, 0) is 52.3 Å². The Morgan fingerprint density at radius 3 is 2.49 bits per heavy atom. The molecule has 10 nitrogen and oxygen atoms in total. The van der Waals surface area contributed by atoms with Crippen LogP contribution in [0.4, 0.5) is 0 Å². The molecule has 212 valence electrons. The zero-order valence-corrected chi connectivity index (χ0v) is 25.7. The van der Waals surface area contributed by atoms with Crippen molar-refractivity contribution in [3.63, 3.8) is 0 Å². The van der Waals surface area contributed by atoms with Gasteiger partial charge in [0, 0.05) is 44.3 Å². The molecule has 0 saturated carbocycles. The van der Waals surface area contributed by atoms with Gasteiger partial charge in [0.15, 0.2) is 0 Å². The normalized spacial score (nSPS) is 12.2. The van der Waals surface area contributed by atoms with Crippen molar-refractivity contribution in [1.29, 1.82) is 0 Å². The molecule has 0 amide bonds. The fourth-order valence-electron chi connectivity index (χ4n) is 3.32. The molecule has 0 aliphatic rings. The predicted molar refractivity (Wildman–Crippen MR) is 153 cm³/mol. The van der Waals surface area contributed by atoms with Gasteiger partial charge in [0.05, 0.1) is 16.5 Å². The van der Waals surface area contributed by atoms with Gasteiger partial charge in [-0.1, -0.05) is 31.2 Å². The number of nitrogens with zero attached hydrogens (tertiary/aromatic N) is 5. The number of aliphatic carboxylic acids is 1. The highest BCUT2D eigenvalue weighted by Gasteiger charge is 2.28. The molecule has 0 spiro atoms. The summed E-state index contributed by atoms with van der Waals surface area (Å²) in [6.07, 6.45) is 3.25. The number of halogens is 1. The van der Waals surface area contributed by atoms with E-state index in [0.717, 1.165) is 22.7 Å². The molecule has 0 unspecified atom stereocenters. The standard InChI is InChI=1S/C27H38ClN5O5Si/c1-17(2)38-26-31-24(32-33(26)16-36-9-10-39(6,7)8)23-21(28)12-19(13-30-23)20-14-29-22(11-18(20)3)37-15-27(4,5)25(34)35/h11-14,17H,9-10,15-16H2,1-8H3,(H,34,35). The molecule has 12 heteroatoms. The van der Waals surface area contributed by atoms with Gasteiger partial charge in [-0.15, -0.1) is 5.10 Å². The number of rotatable bonds is 13. The minimum Gasteiger partial charge on any atom is -0.481 e. The van der Waals surface area contributed by atoms with Crippen molar-refractivity contribution in [3.8, 4) is 34.5 Å². The van der Waals surface area contributed by atoms with Crippen molar-refractivity contribution in [2.24, 2.45) is 5.41 Å². The molecule has 0 fully saturated rings. The Bertz CT molecular complexity index is 1310. The molecular formula is C27H38ClN5O5Si. The SMILES string of the molecule is Cc1cc(OCC(C)(C)C(=O)O)ncc1-c1cnc(-c2nc(OC(C)C)n(COCC[Si](C)(C)C)n2)c(Cl)c1. The van der Waals surface area contributed by atoms with E-state index < -0.39 is 19.5 Å². The maximum atomic E-state index is 11.3. The minimum absolute atomic E-state index is 0.00170. The van der Waals surface area contributed by atoms with Crippen LogP contribution in [0.15, 0.2) is 24.5 Å². The summed E-state index contributed by atoms with van der Waals surface area (Å²) in [5.74, 6) is -0.246. The van der Waals surface area contributed by atoms with Crippen LogP contribution in [0.3, 0.4) is 0 Å². The van der Waals surface area contributed by atoms with Crippen LogP contribution in [0, 0.1) is 12.3 Å². The van der Waals surface area contributed by atoms with Crippen molar-refractivity contribution in [2.75, 3.05) is 13.2 Å². The summed E-state index contributed by atoms with van der Waals surface area (Å²) in [6.45, 7) is 16.7. The Labute approximate surface area is 235 Å². The first-order valence-electron chi connectivity index (χ1n) is 12.8. The van der Waals surface area contributed by atoms with Crippen molar-refractivity contribution >= 4 is 25.6 Å². The van der Waals surface area contributed by atoms with Crippen molar-refractivity contribution in [2.45, 2.75) is 73.1 Å². The van der Waals surface area contributed by atoms with Gasteiger partial charge in [0.2, 0.25) is 11.7 Å². The summed E-state index contributed by atoms with van der Waals surface area (Å²) >= 11 is 6.65. The van der Waals surface area contributed by atoms with Crippen molar-refractivity contribution < 1.29 is 24.1 Å². The van der Waals surface area contributed by atoms with Gasteiger partial charge in [-0.2, -0.15) is 9.67 Å². The molecule has 1 N–H and O–H groups in total. The molecule has 0 aromatic carbocycles. The maximum Gasteiger partial charge on any atom is 0.317 e. The minimum atomic E-state index is -1.21. The lowest BCUT2D eigenvalue weighted by Gasteiger charge is -2.19. The highest BCUT2D eigenvalue weighted by Crippen LogP contribution is 2.32. The van der Waals surface area contributed by atoms with Crippen LogP contribution in [0.1, 0.15) is 33.3 Å². The van der Waals surface area contributed by atoms with E-state index in [4.69, 9.17) is 25.8 Å². The molecule has 3 aromatic heterocycles. The number of carboxylic acids is 1. The molecule has 0 saturated heterocycles. The summed E-state index contributed by atoms with van der Waals surface area (Å²) in [5.41, 5.74) is 1.86. The average molecular weight is 576 g/mol. The zero-order chi connectivity index (χ0) is 29.0. The fourth-order valence-corrected chi connectivity index (χ4v) is 4.32. The van der Waals surface area contributed by atoms with E-state index in [-0.39, 0.29) is 19.4 Å². The molecule has 3 aromatic rings. The van der Waals surface area contributed by atoms with E-state index in [2.05, 4.69) is 39.7 Å². The van der Waals surface area contributed by atoms with Crippen LogP contribution in [0.2, 0.25) is 30.7 Å². The highest BCUT2D eigenvalue weighted by molar-refractivity contribution is 6.76. The quantitative estimate of drug-likeness (QED) is 0.194. The smallest absolute Gasteiger partial charge is 0.317 e. The van der Waals surface area contributed by atoms with E-state index in [1.54, 1.807) is 43.1 Å². The van der Waals surface area contributed by atoms with Crippen LogP contribution in [0.5, 0.6) is 11.9 Å². The van der Waals surface area contributed by atoms with E-state index in [1.807, 2.05) is 20.8 Å². The number of carbonyl (C=O) groups is 1. The van der Waals surface area contributed by atoms with Gasteiger partial charge in [-0.25, -0.2) is 4.98 Å². The fraction of sp³-hybridized carbons (Fsp3) is 0.519. The number of hydrogen-bond acceptors (Lipinski definition) is 8. The van der Waals surface area contributed by atoms with E-state index in [9.17, 15) is 9.90 Å². The van der Waals surface area contributed by atoms with Gasteiger partial charge < -0.3 is 19.3 Å². The Hall–Kier alpha value is -3.02. The molecule has 39 heavy (non-hydrogen) atoms. The number of pyridine rings is 2. The molecule has 0 aliphatic heterocycles. The van der Waals surface area contributed by atoms with Crippen LogP contribution in [-0.2, 0) is 16.3 Å². The van der Waals surface area contributed by atoms with Gasteiger partial charge >= 0.3 is 12.0 Å². The summed E-state index contributed by atoms with van der Waals surface area (Å²) in [6, 6.07) is 4.94. The lowest BCUT2D eigenvalue weighted by Crippen LogP contribution is -2.30.